The summed E-state index contributed by atoms with van der Waals surface area (Å²) in [7, 11) is 1.27. The zero-order chi connectivity index (χ0) is 20.4. The van der Waals surface area contributed by atoms with Crippen molar-refractivity contribution < 1.29 is 23.8 Å². The van der Waals surface area contributed by atoms with Gasteiger partial charge in [-0.3, -0.25) is 4.79 Å². The van der Waals surface area contributed by atoms with Gasteiger partial charge in [-0.05, 0) is 31.0 Å². The number of benzene rings is 1. The third-order valence-electron chi connectivity index (χ3n) is 4.13. The molecular formula is C21H27NO5S. The fraction of sp³-hybridized carbons (Fsp3) is 0.476. The third kappa shape index (κ3) is 6.73. The van der Waals surface area contributed by atoms with Crippen molar-refractivity contribution in [1.29, 1.82) is 0 Å². The van der Waals surface area contributed by atoms with E-state index in [0.717, 1.165) is 29.9 Å². The molecule has 0 saturated carbocycles. The van der Waals surface area contributed by atoms with Crippen LogP contribution in [-0.2, 0) is 16.1 Å². The van der Waals surface area contributed by atoms with E-state index in [4.69, 9.17) is 9.47 Å². The molecular weight excluding hydrogens is 378 g/mol. The number of carbonyl (C=O) groups is 2. The Balaban J connectivity index is 1.81. The van der Waals surface area contributed by atoms with Gasteiger partial charge in [0, 0.05) is 12.0 Å². The molecule has 0 radical (unpaired) electrons. The van der Waals surface area contributed by atoms with Crippen molar-refractivity contribution in [3.63, 3.8) is 0 Å². The number of hydrogen-bond acceptors (Lipinski definition) is 7. The molecule has 0 bridgehead atoms. The maximum atomic E-state index is 12.4. The van der Waals surface area contributed by atoms with Crippen LogP contribution in [0.25, 0.3) is 0 Å². The average molecular weight is 406 g/mol. The van der Waals surface area contributed by atoms with E-state index in [2.05, 4.69) is 16.6 Å². The fourth-order valence-corrected chi connectivity index (χ4v) is 3.31. The number of nitrogens with zero attached hydrogens (tertiary/aromatic N) is 1. The van der Waals surface area contributed by atoms with E-state index >= 15 is 0 Å². The SMILES string of the molecule is CCCCCCOCc1ccc(OC(C)C(=O)c2nc(C(=O)OC)cs2)cc1. The highest BCUT2D eigenvalue weighted by molar-refractivity contribution is 7.12. The second-order valence-electron chi connectivity index (χ2n) is 6.41. The summed E-state index contributed by atoms with van der Waals surface area (Å²) >= 11 is 1.10. The first-order valence-corrected chi connectivity index (χ1v) is 10.3. The molecule has 1 aromatic carbocycles. The molecule has 7 heteroatoms. The molecule has 1 atom stereocenters. The predicted octanol–water partition coefficient (Wildman–Crippen LogP) is 4.68. The molecule has 0 spiro atoms. The van der Waals surface area contributed by atoms with Crippen molar-refractivity contribution in [2.24, 2.45) is 0 Å². The lowest BCUT2D eigenvalue weighted by Gasteiger charge is -2.13. The van der Waals surface area contributed by atoms with Gasteiger partial charge in [0.1, 0.15) is 5.75 Å². The number of rotatable bonds is 12. The summed E-state index contributed by atoms with van der Waals surface area (Å²) in [5, 5.41) is 1.73. The minimum atomic E-state index is -0.711. The van der Waals surface area contributed by atoms with E-state index < -0.39 is 12.1 Å². The first kappa shape index (κ1) is 22.0. The van der Waals surface area contributed by atoms with Gasteiger partial charge in [0.2, 0.25) is 5.78 Å². The van der Waals surface area contributed by atoms with Crippen LogP contribution in [0.3, 0.4) is 0 Å². The van der Waals surface area contributed by atoms with Gasteiger partial charge in [0.25, 0.3) is 0 Å². The Labute approximate surface area is 169 Å². The van der Waals surface area contributed by atoms with Crippen LogP contribution in [0.2, 0.25) is 0 Å². The van der Waals surface area contributed by atoms with Crippen molar-refractivity contribution >= 4 is 23.1 Å². The van der Waals surface area contributed by atoms with Crippen LogP contribution < -0.4 is 4.74 Å². The molecule has 1 unspecified atom stereocenters. The second-order valence-corrected chi connectivity index (χ2v) is 7.27. The van der Waals surface area contributed by atoms with E-state index in [0.29, 0.717) is 12.4 Å². The Morgan fingerprint density at radius 3 is 2.57 bits per heavy atom. The Hall–Kier alpha value is -2.25. The number of aromatic nitrogens is 1. The highest BCUT2D eigenvalue weighted by atomic mass is 32.1. The molecule has 0 aliphatic rings. The normalized spacial score (nSPS) is 11.8. The molecule has 0 N–H and O–H groups in total. The summed E-state index contributed by atoms with van der Waals surface area (Å²) in [5.74, 6) is -0.246. The van der Waals surface area contributed by atoms with Crippen LogP contribution >= 0.6 is 11.3 Å². The third-order valence-corrected chi connectivity index (χ3v) is 4.98. The molecule has 1 aromatic heterocycles. The van der Waals surface area contributed by atoms with E-state index in [1.807, 2.05) is 24.3 Å². The van der Waals surface area contributed by atoms with E-state index in [1.165, 1.54) is 31.8 Å². The van der Waals surface area contributed by atoms with Gasteiger partial charge in [0.15, 0.2) is 16.8 Å². The number of esters is 1. The van der Waals surface area contributed by atoms with Gasteiger partial charge in [-0.15, -0.1) is 11.3 Å². The Kier molecular flexibility index (Phi) is 9.10. The number of hydrogen-bond donors (Lipinski definition) is 0. The van der Waals surface area contributed by atoms with E-state index in [-0.39, 0.29) is 16.5 Å². The molecule has 28 heavy (non-hydrogen) atoms. The smallest absolute Gasteiger partial charge is 0.357 e. The lowest BCUT2D eigenvalue weighted by atomic mass is 10.2. The first-order valence-electron chi connectivity index (χ1n) is 9.46. The minimum absolute atomic E-state index is 0.127. The molecule has 0 aliphatic heterocycles. The Morgan fingerprint density at radius 2 is 1.89 bits per heavy atom. The molecule has 152 valence electrons. The molecule has 0 aliphatic carbocycles. The number of methoxy groups -OCH3 is 1. The molecule has 2 rings (SSSR count). The van der Waals surface area contributed by atoms with Crippen molar-refractivity contribution in [3.05, 3.63) is 45.9 Å². The lowest BCUT2D eigenvalue weighted by Crippen LogP contribution is -2.24. The van der Waals surface area contributed by atoms with Crippen molar-refractivity contribution in [2.45, 2.75) is 52.2 Å². The van der Waals surface area contributed by atoms with Gasteiger partial charge in [-0.25, -0.2) is 9.78 Å². The molecule has 0 amide bonds. The maximum absolute atomic E-state index is 12.4. The topological polar surface area (TPSA) is 74.7 Å². The van der Waals surface area contributed by atoms with Crippen LogP contribution in [0.15, 0.2) is 29.6 Å². The van der Waals surface area contributed by atoms with Gasteiger partial charge in [0.05, 0.1) is 13.7 Å². The van der Waals surface area contributed by atoms with Crippen LogP contribution in [0.4, 0.5) is 0 Å². The van der Waals surface area contributed by atoms with E-state index in [9.17, 15) is 9.59 Å². The molecule has 1 heterocycles. The number of unbranched alkanes of at least 4 members (excludes halogenated alkanes) is 3. The Morgan fingerprint density at radius 1 is 1.14 bits per heavy atom. The summed E-state index contributed by atoms with van der Waals surface area (Å²) in [6.07, 6.45) is 4.05. The van der Waals surface area contributed by atoms with Crippen molar-refractivity contribution in [2.75, 3.05) is 13.7 Å². The molecule has 0 saturated heterocycles. The van der Waals surface area contributed by atoms with Gasteiger partial charge < -0.3 is 14.2 Å². The lowest BCUT2D eigenvalue weighted by molar-refractivity contribution is 0.0594. The van der Waals surface area contributed by atoms with Gasteiger partial charge >= 0.3 is 5.97 Å². The molecule has 0 fully saturated rings. The first-order chi connectivity index (χ1) is 13.5. The van der Waals surface area contributed by atoms with E-state index in [1.54, 1.807) is 6.92 Å². The summed E-state index contributed by atoms with van der Waals surface area (Å²) in [4.78, 5) is 27.9. The van der Waals surface area contributed by atoms with Crippen LogP contribution in [0.1, 0.15) is 65.4 Å². The van der Waals surface area contributed by atoms with Crippen molar-refractivity contribution in [3.8, 4) is 5.75 Å². The predicted molar refractivity (Wildman–Crippen MR) is 108 cm³/mol. The second kappa shape index (κ2) is 11.6. The molecule has 6 nitrogen and oxygen atoms in total. The van der Waals surface area contributed by atoms with Crippen LogP contribution in [0.5, 0.6) is 5.75 Å². The number of thiazole rings is 1. The number of carbonyl (C=O) groups excluding carboxylic acids is 2. The van der Waals surface area contributed by atoms with Gasteiger partial charge in [-0.1, -0.05) is 38.3 Å². The summed E-state index contributed by atoms with van der Waals surface area (Å²) in [6, 6.07) is 7.50. The Bertz CT molecular complexity index is 756. The van der Waals surface area contributed by atoms with Crippen LogP contribution in [-0.4, -0.2) is 36.6 Å². The average Bonchev–Trinajstić information content (AvgIpc) is 3.20. The number of ketones is 1. The zero-order valence-corrected chi connectivity index (χ0v) is 17.4. The summed E-state index contributed by atoms with van der Waals surface area (Å²) in [5.41, 5.74) is 1.19. The maximum Gasteiger partial charge on any atom is 0.357 e. The highest BCUT2D eigenvalue weighted by Gasteiger charge is 2.22. The number of Topliss-reactive ketones (excluding diaryl/α,β-unsaturated/α-hetero) is 1. The fourth-order valence-electron chi connectivity index (χ4n) is 2.50. The zero-order valence-electron chi connectivity index (χ0n) is 16.6. The monoisotopic (exact) mass is 405 g/mol. The van der Waals surface area contributed by atoms with Crippen molar-refractivity contribution in [1.82, 2.24) is 4.98 Å². The van der Waals surface area contributed by atoms with Gasteiger partial charge in [-0.2, -0.15) is 0 Å². The summed E-state index contributed by atoms with van der Waals surface area (Å²) < 4.78 is 16.0. The standard InChI is InChI=1S/C21H27NO5S/c1-4-5-6-7-12-26-13-16-8-10-17(11-9-16)27-15(2)19(23)20-22-18(14-28-20)21(24)25-3/h8-11,14-15H,4-7,12-13H2,1-3H3. The minimum Gasteiger partial charge on any atom is -0.482 e. The number of ether oxygens (including phenoxy) is 3. The molecule has 2 aromatic rings. The quantitative estimate of drug-likeness (QED) is 0.290. The summed E-state index contributed by atoms with van der Waals surface area (Å²) in [6.45, 7) is 5.19. The largest absolute Gasteiger partial charge is 0.482 e. The van der Waals surface area contributed by atoms with Crippen LogP contribution in [0, 0.1) is 0 Å². The highest BCUT2D eigenvalue weighted by Crippen LogP contribution is 2.18.